The van der Waals surface area contributed by atoms with Gasteiger partial charge in [0.05, 0.1) is 5.56 Å². The minimum absolute atomic E-state index is 0.0201. The number of phenolic OH excluding ortho intramolecular Hbond substituents is 2. The average Bonchev–Trinajstić information content (AvgIpc) is 2.35. The van der Waals surface area contributed by atoms with Crippen LogP contribution < -0.4 is 5.32 Å². The fourth-order valence-corrected chi connectivity index (χ4v) is 2.83. The summed E-state index contributed by atoms with van der Waals surface area (Å²) in [6.45, 7) is 4.37. The van der Waals surface area contributed by atoms with E-state index in [0.717, 1.165) is 19.3 Å². The van der Waals surface area contributed by atoms with E-state index in [1.807, 2.05) is 0 Å². The molecule has 1 fully saturated rings. The highest BCUT2D eigenvalue weighted by atomic mass is 16.3. The van der Waals surface area contributed by atoms with Crippen LogP contribution in [0.15, 0.2) is 18.2 Å². The molecule has 0 spiro atoms. The molecule has 0 radical (unpaired) electrons. The maximum Gasteiger partial charge on any atom is 0.255 e. The van der Waals surface area contributed by atoms with E-state index in [9.17, 15) is 15.0 Å². The molecule has 1 aromatic rings. The van der Waals surface area contributed by atoms with E-state index < -0.39 is 0 Å². The van der Waals surface area contributed by atoms with Crippen LogP contribution in [0.1, 0.15) is 43.5 Å². The second kappa shape index (κ2) is 5.51. The maximum atomic E-state index is 12.1. The highest BCUT2D eigenvalue weighted by Crippen LogP contribution is 2.29. The zero-order chi connectivity index (χ0) is 14.0. The van der Waals surface area contributed by atoms with E-state index in [2.05, 4.69) is 19.2 Å². The van der Waals surface area contributed by atoms with Gasteiger partial charge in [-0.2, -0.15) is 0 Å². The summed E-state index contributed by atoms with van der Waals surface area (Å²) in [5.74, 6) is 0.699. The highest BCUT2D eigenvalue weighted by molar-refractivity contribution is 5.97. The van der Waals surface area contributed by atoms with Crippen LogP contribution in [-0.2, 0) is 0 Å². The van der Waals surface area contributed by atoms with Crippen molar-refractivity contribution < 1.29 is 15.0 Å². The number of amides is 1. The number of aromatic hydroxyl groups is 2. The molecular formula is C15H21NO3. The number of rotatable bonds is 2. The Bertz CT molecular complexity index is 472. The Morgan fingerprint density at radius 2 is 2.00 bits per heavy atom. The van der Waals surface area contributed by atoms with Crippen molar-refractivity contribution in [2.45, 2.75) is 39.2 Å². The van der Waals surface area contributed by atoms with Crippen LogP contribution in [0.2, 0.25) is 0 Å². The van der Waals surface area contributed by atoms with Gasteiger partial charge in [-0.3, -0.25) is 4.79 Å². The first-order chi connectivity index (χ1) is 8.97. The number of carbonyl (C=O) groups is 1. The summed E-state index contributed by atoms with van der Waals surface area (Å²) >= 11 is 0. The lowest BCUT2D eigenvalue weighted by molar-refractivity contribution is 0.0896. The van der Waals surface area contributed by atoms with Gasteiger partial charge in [-0.15, -0.1) is 0 Å². The predicted octanol–water partition coefficient (Wildman–Crippen LogP) is 2.65. The summed E-state index contributed by atoms with van der Waals surface area (Å²) in [4.78, 5) is 12.1. The fourth-order valence-electron chi connectivity index (χ4n) is 2.83. The van der Waals surface area contributed by atoms with Crippen LogP contribution in [0.5, 0.6) is 11.5 Å². The largest absolute Gasteiger partial charge is 0.508 e. The highest BCUT2D eigenvalue weighted by Gasteiger charge is 2.27. The maximum absolute atomic E-state index is 12.1. The van der Waals surface area contributed by atoms with Gasteiger partial charge < -0.3 is 15.5 Å². The van der Waals surface area contributed by atoms with Gasteiger partial charge in [-0.05, 0) is 49.3 Å². The topological polar surface area (TPSA) is 69.6 Å². The summed E-state index contributed by atoms with van der Waals surface area (Å²) in [7, 11) is 0. The molecule has 1 saturated carbocycles. The summed E-state index contributed by atoms with van der Waals surface area (Å²) < 4.78 is 0. The smallest absolute Gasteiger partial charge is 0.255 e. The molecule has 19 heavy (non-hydrogen) atoms. The van der Waals surface area contributed by atoms with Crippen molar-refractivity contribution in [1.29, 1.82) is 0 Å². The van der Waals surface area contributed by atoms with Crippen molar-refractivity contribution in [3.05, 3.63) is 23.8 Å². The van der Waals surface area contributed by atoms with E-state index in [1.165, 1.54) is 18.2 Å². The predicted molar refractivity (Wildman–Crippen MR) is 73.2 cm³/mol. The second-order valence-electron chi connectivity index (χ2n) is 5.68. The van der Waals surface area contributed by atoms with Gasteiger partial charge in [0.1, 0.15) is 11.5 Å². The van der Waals surface area contributed by atoms with Gasteiger partial charge in [-0.25, -0.2) is 0 Å². The Balaban J connectivity index is 2.06. The normalized spacial score (nSPS) is 26.9. The third-order valence-electron chi connectivity index (χ3n) is 3.97. The van der Waals surface area contributed by atoms with Crippen LogP contribution in [0.3, 0.4) is 0 Å². The fraction of sp³-hybridized carbons (Fsp3) is 0.533. The third-order valence-corrected chi connectivity index (χ3v) is 3.97. The van der Waals surface area contributed by atoms with Crippen LogP contribution in [-0.4, -0.2) is 22.2 Å². The van der Waals surface area contributed by atoms with Gasteiger partial charge in [0.15, 0.2) is 0 Å². The molecule has 4 heteroatoms. The minimum Gasteiger partial charge on any atom is -0.508 e. The van der Waals surface area contributed by atoms with Crippen molar-refractivity contribution >= 4 is 5.91 Å². The van der Waals surface area contributed by atoms with Gasteiger partial charge in [0.2, 0.25) is 0 Å². The van der Waals surface area contributed by atoms with Gasteiger partial charge in [-0.1, -0.05) is 13.8 Å². The monoisotopic (exact) mass is 263 g/mol. The number of hydrogen-bond donors (Lipinski definition) is 3. The molecular weight excluding hydrogens is 242 g/mol. The summed E-state index contributed by atoms with van der Waals surface area (Å²) in [5.41, 5.74) is 0.130. The second-order valence-corrected chi connectivity index (χ2v) is 5.68. The summed E-state index contributed by atoms with van der Waals surface area (Å²) in [6.07, 6.45) is 3.19. The number of phenols is 2. The Labute approximate surface area is 113 Å². The van der Waals surface area contributed by atoms with Crippen LogP contribution >= 0.6 is 0 Å². The molecule has 2 rings (SSSR count). The Hall–Kier alpha value is -1.71. The van der Waals surface area contributed by atoms with Crippen LogP contribution in [0.25, 0.3) is 0 Å². The average molecular weight is 263 g/mol. The van der Waals surface area contributed by atoms with E-state index >= 15 is 0 Å². The molecule has 104 valence electrons. The molecule has 1 amide bonds. The first-order valence-corrected chi connectivity index (χ1v) is 6.80. The van der Waals surface area contributed by atoms with E-state index in [1.54, 1.807) is 0 Å². The number of hydrogen-bond acceptors (Lipinski definition) is 3. The van der Waals surface area contributed by atoms with E-state index in [0.29, 0.717) is 11.8 Å². The molecule has 3 unspecified atom stereocenters. The Morgan fingerprint density at radius 1 is 1.26 bits per heavy atom. The Morgan fingerprint density at radius 3 is 2.68 bits per heavy atom. The van der Waals surface area contributed by atoms with Crippen molar-refractivity contribution in [2.75, 3.05) is 0 Å². The lowest BCUT2D eigenvalue weighted by Gasteiger charge is -2.33. The molecule has 4 nitrogen and oxygen atoms in total. The quantitative estimate of drug-likeness (QED) is 0.718. The Kier molecular flexibility index (Phi) is 3.98. The lowest BCUT2D eigenvalue weighted by atomic mass is 9.80. The standard InChI is InChI=1S/C15H21NO3/c1-9-3-5-13(10(2)7-9)16-15(19)12-8-11(17)4-6-14(12)18/h4,6,8-10,13,17-18H,3,5,7H2,1-2H3,(H,16,19). The van der Waals surface area contributed by atoms with E-state index in [-0.39, 0.29) is 29.0 Å². The van der Waals surface area contributed by atoms with E-state index in [4.69, 9.17) is 0 Å². The molecule has 0 bridgehead atoms. The van der Waals surface area contributed by atoms with Crippen LogP contribution in [0, 0.1) is 11.8 Å². The van der Waals surface area contributed by atoms with Gasteiger partial charge in [0, 0.05) is 6.04 Å². The van der Waals surface area contributed by atoms with Crippen molar-refractivity contribution in [2.24, 2.45) is 11.8 Å². The zero-order valence-electron chi connectivity index (χ0n) is 11.4. The lowest BCUT2D eigenvalue weighted by Crippen LogP contribution is -2.42. The molecule has 1 aliphatic rings. The molecule has 0 saturated heterocycles. The molecule has 1 aliphatic carbocycles. The first kappa shape index (κ1) is 13.7. The molecule has 1 aromatic carbocycles. The third kappa shape index (κ3) is 3.19. The van der Waals surface area contributed by atoms with Crippen molar-refractivity contribution in [3.63, 3.8) is 0 Å². The number of benzene rings is 1. The molecule has 0 aliphatic heterocycles. The number of nitrogens with one attached hydrogen (secondary N) is 1. The summed E-state index contributed by atoms with van der Waals surface area (Å²) in [6, 6.07) is 4.12. The van der Waals surface area contributed by atoms with Crippen molar-refractivity contribution in [1.82, 2.24) is 5.32 Å². The molecule has 0 aromatic heterocycles. The number of carbonyl (C=O) groups excluding carboxylic acids is 1. The molecule has 3 atom stereocenters. The molecule has 0 heterocycles. The molecule has 3 N–H and O–H groups in total. The SMILES string of the molecule is CC1CCC(NC(=O)c2cc(O)ccc2O)C(C)C1. The minimum atomic E-state index is -0.320. The van der Waals surface area contributed by atoms with Crippen molar-refractivity contribution in [3.8, 4) is 11.5 Å². The van der Waals surface area contributed by atoms with Crippen LogP contribution in [0.4, 0.5) is 0 Å². The van der Waals surface area contributed by atoms with Gasteiger partial charge in [0.25, 0.3) is 5.91 Å². The summed E-state index contributed by atoms with van der Waals surface area (Å²) in [5, 5.41) is 22.0. The first-order valence-electron chi connectivity index (χ1n) is 6.80. The van der Waals surface area contributed by atoms with Gasteiger partial charge >= 0.3 is 0 Å². The zero-order valence-corrected chi connectivity index (χ0v) is 11.4.